The average molecular weight is 429 g/mol. The van der Waals surface area contributed by atoms with E-state index in [1.165, 1.54) is 25.7 Å². The van der Waals surface area contributed by atoms with E-state index in [9.17, 15) is 14.7 Å². The Balaban J connectivity index is 1.58. The molecule has 0 bridgehead atoms. The molecule has 3 atom stereocenters. The van der Waals surface area contributed by atoms with Gasteiger partial charge in [-0.15, -0.1) is 0 Å². The van der Waals surface area contributed by atoms with Crippen LogP contribution in [0.3, 0.4) is 0 Å². The maximum absolute atomic E-state index is 12.3. The van der Waals surface area contributed by atoms with E-state index in [1.807, 2.05) is 30.3 Å². The van der Waals surface area contributed by atoms with E-state index >= 15 is 0 Å². The Morgan fingerprint density at radius 3 is 2.58 bits per heavy atom. The van der Waals surface area contributed by atoms with Gasteiger partial charge >= 0.3 is 5.97 Å². The van der Waals surface area contributed by atoms with Gasteiger partial charge in [0.1, 0.15) is 12.4 Å². The van der Waals surface area contributed by atoms with Gasteiger partial charge in [0.15, 0.2) is 0 Å². The molecule has 1 aromatic carbocycles. The zero-order chi connectivity index (χ0) is 22.3. The van der Waals surface area contributed by atoms with Crippen molar-refractivity contribution in [1.82, 2.24) is 0 Å². The van der Waals surface area contributed by atoms with E-state index in [2.05, 4.69) is 19.1 Å². The quantitative estimate of drug-likeness (QED) is 0.206. The third-order valence-corrected chi connectivity index (χ3v) is 6.20. The van der Waals surface area contributed by atoms with Crippen molar-refractivity contribution >= 4 is 11.8 Å². The number of Topliss-reactive ketones (excluding diaryl/α,β-unsaturated/α-hetero) is 1. The second-order valence-electron chi connectivity index (χ2n) is 8.80. The summed E-state index contributed by atoms with van der Waals surface area (Å²) in [6.45, 7) is 2.54. The number of hydrogen-bond acceptors (Lipinski definition) is 4. The molecule has 0 saturated heterocycles. The van der Waals surface area contributed by atoms with Crippen molar-refractivity contribution in [2.24, 2.45) is 11.8 Å². The largest absolute Gasteiger partial charge is 0.461 e. The number of benzene rings is 1. The molecule has 1 aliphatic carbocycles. The summed E-state index contributed by atoms with van der Waals surface area (Å²) < 4.78 is 5.31. The number of ether oxygens (including phenoxy) is 1. The van der Waals surface area contributed by atoms with Crippen LogP contribution >= 0.6 is 0 Å². The summed E-state index contributed by atoms with van der Waals surface area (Å²) in [5.41, 5.74) is 1.00. The molecule has 0 unspecified atom stereocenters. The second kappa shape index (κ2) is 15.0. The number of ketones is 1. The van der Waals surface area contributed by atoms with E-state index in [1.54, 1.807) is 0 Å². The van der Waals surface area contributed by atoms with Crippen LogP contribution in [0.2, 0.25) is 0 Å². The van der Waals surface area contributed by atoms with Crippen LogP contribution in [0.1, 0.15) is 89.5 Å². The monoisotopic (exact) mass is 428 g/mol. The molecule has 1 fully saturated rings. The van der Waals surface area contributed by atoms with Gasteiger partial charge in [-0.3, -0.25) is 9.59 Å². The van der Waals surface area contributed by atoms with Crippen molar-refractivity contribution in [1.29, 1.82) is 0 Å². The highest BCUT2D eigenvalue weighted by molar-refractivity contribution is 5.84. The molecule has 0 aromatic heterocycles. The molecule has 2 rings (SSSR count). The molecule has 4 nitrogen and oxygen atoms in total. The number of allylic oxidation sites excluding steroid dienone is 1. The van der Waals surface area contributed by atoms with E-state index in [-0.39, 0.29) is 23.6 Å². The predicted octanol–water partition coefficient (Wildman–Crippen LogP) is 6.16. The van der Waals surface area contributed by atoms with Crippen LogP contribution in [0.15, 0.2) is 42.5 Å². The van der Waals surface area contributed by atoms with E-state index in [4.69, 9.17) is 4.74 Å². The van der Waals surface area contributed by atoms with Gasteiger partial charge < -0.3 is 9.84 Å². The lowest BCUT2D eigenvalue weighted by molar-refractivity contribution is -0.145. The molecule has 1 saturated carbocycles. The fourth-order valence-electron chi connectivity index (χ4n) is 4.33. The highest BCUT2D eigenvalue weighted by Gasteiger charge is 2.39. The minimum Gasteiger partial charge on any atom is -0.461 e. The number of rotatable bonds is 15. The van der Waals surface area contributed by atoms with Crippen molar-refractivity contribution in [3.63, 3.8) is 0 Å². The van der Waals surface area contributed by atoms with Crippen molar-refractivity contribution < 1.29 is 19.4 Å². The van der Waals surface area contributed by atoms with E-state index in [0.29, 0.717) is 19.4 Å². The minimum absolute atomic E-state index is 0.0216. The Morgan fingerprint density at radius 1 is 1.06 bits per heavy atom. The zero-order valence-corrected chi connectivity index (χ0v) is 19.1. The molecule has 1 aliphatic rings. The summed E-state index contributed by atoms with van der Waals surface area (Å²) in [5, 5.41) is 10.3. The van der Waals surface area contributed by atoms with Crippen molar-refractivity contribution in [3.8, 4) is 0 Å². The normalized spacial score (nSPS) is 21.1. The molecule has 31 heavy (non-hydrogen) atoms. The summed E-state index contributed by atoms with van der Waals surface area (Å²) in [6.07, 6.45) is 15.0. The standard InChI is InChI=1S/C27H40O4/c1-2-3-4-5-6-12-17-23-24(26(29)20-25(23)28)18-13-7-8-14-19-27(30)31-21-22-15-10-9-11-16-22/h9-12,15-17,23-25,28H,2-8,13-14,18-21H2,1H3/b17-12+/t23-,24-,25-/m1/s1. The van der Waals surface area contributed by atoms with Crippen LogP contribution in [0.25, 0.3) is 0 Å². The zero-order valence-electron chi connectivity index (χ0n) is 19.1. The van der Waals surface area contributed by atoms with Gasteiger partial charge in [-0.1, -0.05) is 87.9 Å². The molecule has 0 heterocycles. The highest BCUT2D eigenvalue weighted by Crippen LogP contribution is 2.34. The number of carbonyl (C=O) groups is 2. The average Bonchev–Trinajstić information content (AvgIpc) is 3.04. The number of unbranched alkanes of at least 4 members (excludes halogenated alkanes) is 7. The van der Waals surface area contributed by atoms with Crippen LogP contribution in [-0.2, 0) is 20.9 Å². The fourth-order valence-corrected chi connectivity index (χ4v) is 4.33. The number of carbonyl (C=O) groups excluding carboxylic acids is 2. The van der Waals surface area contributed by atoms with Gasteiger partial charge in [-0.25, -0.2) is 0 Å². The van der Waals surface area contributed by atoms with Crippen molar-refractivity contribution in [2.45, 2.75) is 96.7 Å². The molecule has 0 spiro atoms. The number of hydrogen-bond donors (Lipinski definition) is 1. The highest BCUT2D eigenvalue weighted by atomic mass is 16.5. The Morgan fingerprint density at radius 2 is 1.81 bits per heavy atom. The van der Waals surface area contributed by atoms with Crippen LogP contribution in [0.5, 0.6) is 0 Å². The summed E-state index contributed by atoms with van der Waals surface area (Å²) in [5.74, 6) is -0.0101. The van der Waals surface area contributed by atoms with Gasteiger partial charge in [0.05, 0.1) is 6.10 Å². The smallest absolute Gasteiger partial charge is 0.306 e. The lowest BCUT2D eigenvalue weighted by Gasteiger charge is -2.17. The van der Waals surface area contributed by atoms with Gasteiger partial charge in [-0.05, 0) is 31.2 Å². The topological polar surface area (TPSA) is 63.6 Å². The predicted molar refractivity (Wildman–Crippen MR) is 124 cm³/mol. The Labute approximate surface area is 188 Å². The van der Waals surface area contributed by atoms with E-state index in [0.717, 1.165) is 44.1 Å². The van der Waals surface area contributed by atoms with Crippen LogP contribution in [0, 0.1) is 11.8 Å². The minimum atomic E-state index is -0.524. The SMILES string of the molecule is CCCCCC/C=C/[C@H]1[C@H](O)CC(=O)[C@@H]1CCCCCCC(=O)OCc1ccccc1. The first kappa shape index (κ1) is 25.3. The first-order valence-corrected chi connectivity index (χ1v) is 12.2. The van der Waals surface area contributed by atoms with E-state index < -0.39 is 6.10 Å². The summed E-state index contributed by atoms with van der Waals surface area (Å²) in [7, 11) is 0. The fraction of sp³-hybridized carbons (Fsp3) is 0.630. The Bertz CT molecular complexity index is 667. The number of esters is 1. The van der Waals surface area contributed by atoms with Gasteiger partial charge in [0, 0.05) is 24.7 Å². The van der Waals surface area contributed by atoms with Crippen molar-refractivity contribution in [3.05, 3.63) is 48.0 Å². The summed E-state index contributed by atoms with van der Waals surface area (Å²) in [6, 6.07) is 9.71. The third kappa shape index (κ3) is 9.82. The lowest BCUT2D eigenvalue weighted by Crippen LogP contribution is -2.18. The molecule has 1 aromatic rings. The maximum Gasteiger partial charge on any atom is 0.306 e. The molecular formula is C27H40O4. The van der Waals surface area contributed by atoms with Crippen LogP contribution in [0.4, 0.5) is 0 Å². The molecule has 172 valence electrons. The second-order valence-corrected chi connectivity index (χ2v) is 8.80. The molecule has 0 amide bonds. The molecular weight excluding hydrogens is 388 g/mol. The van der Waals surface area contributed by atoms with Gasteiger partial charge in [0.25, 0.3) is 0 Å². The lowest BCUT2D eigenvalue weighted by atomic mass is 9.88. The van der Waals surface area contributed by atoms with Gasteiger partial charge in [-0.2, -0.15) is 0 Å². The Hall–Kier alpha value is -1.94. The molecule has 0 aliphatic heterocycles. The molecule has 1 N–H and O–H groups in total. The van der Waals surface area contributed by atoms with Crippen LogP contribution in [-0.4, -0.2) is 23.0 Å². The van der Waals surface area contributed by atoms with Crippen LogP contribution < -0.4 is 0 Å². The third-order valence-electron chi connectivity index (χ3n) is 6.20. The van der Waals surface area contributed by atoms with Crippen molar-refractivity contribution in [2.75, 3.05) is 0 Å². The molecule has 0 radical (unpaired) electrons. The molecule has 4 heteroatoms. The summed E-state index contributed by atoms with van der Waals surface area (Å²) in [4.78, 5) is 24.2. The maximum atomic E-state index is 12.3. The van der Waals surface area contributed by atoms with Gasteiger partial charge in [0.2, 0.25) is 0 Å². The Kier molecular flexibility index (Phi) is 12.2. The summed E-state index contributed by atoms with van der Waals surface area (Å²) >= 11 is 0. The first-order valence-electron chi connectivity index (χ1n) is 12.2. The number of aliphatic hydroxyl groups excluding tert-OH is 1. The number of aliphatic hydroxyl groups is 1. The first-order chi connectivity index (χ1) is 15.1.